The number of rotatable bonds is 9. The van der Waals surface area contributed by atoms with Crippen molar-refractivity contribution in [2.24, 2.45) is 5.92 Å². The van der Waals surface area contributed by atoms with Gasteiger partial charge >= 0.3 is 0 Å². The number of aliphatic hydroxyl groups is 1. The van der Waals surface area contributed by atoms with Crippen LogP contribution in [0.1, 0.15) is 51.9 Å². The Morgan fingerprint density at radius 3 is 2.08 bits per heavy atom. The van der Waals surface area contributed by atoms with Crippen LogP contribution in [0.15, 0.2) is 72.8 Å². The number of carbonyl (C=O) groups excluding carboxylic acids is 1. The summed E-state index contributed by atoms with van der Waals surface area (Å²) >= 11 is 0. The summed E-state index contributed by atoms with van der Waals surface area (Å²) in [5.74, 6) is -12.5. The molecule has 6 rings (SSSR count). The maximum Gasteiger partial charge on any atom is 0.257 e. The zero-order valence-electron chi connectivity index (χ0n) is 26.6. The van der Waals surface area contributed by atoms with E-state index in [1.807, 2.05) is 54.6 Å². The minimum Gasteiger partial charge on any atom is -0.392 e. The lowest BCUT2D eigenvalue weighted by Gasteiger charge is -2.43. The fraction of sp³-hybridized carbons (Fsp3) is 0.324. The average Bonchev–Trinajstić information content (AvgIpc) is 3.14. The van der Waals surface area contributed by atoms with Gasteiger partial charge in [-0.25, -0.2) is 22.0 Å². The van der Waals surface area contributed by atoms with Crippen LogP contribution in [0.25, 0.3) is 11.1 Å². The molecule has 2 aliphatic heterocycles. The standard InChI is InChI=1S/C37H35F5N2O5/c1-21-28(19-44-13-15-47-16-14-44)48-37(49-35(21)25-7-5-22(20-45)6-8-25)26-11-9-24(10-12-26)27-4-2-3-23(17-27)18-43-36(46)29-30(38)32(40)34(42)33(41)31(29)39/h2-12,17,21,28,35,37,45H,13-16,18-20H2,1H3,(H,43,46)/t21-,28+,35+,37+/m0/s1. The normalized spacial score (nSPS) is 21.4. The molecule has 4 aromatic carbocycles. The largest absolute Gasteiger partial charge is 0.392 e. The number of hydrogen-bond donors (Lipinski definition) is 2. The predicted molar refractivity (Wildman–Crippen MR) is 170 cm³/mol. The lowest BCUT2D eigenvalue weighted by molar-refractivity contribution is -0.277. The van der Waals surface area contributed by atoms with E-state index in [9.17, 15) is 31.9 Å². The summed E-state index contributed by atoms with van der Waals surface area (Å²) in [6.07, 6.45) is -1.04. The summed E-state index contributed by atoms with van der Waals surface area (Å²) in [6, 6.07) is 22.3. The van der Waals surface area contributed by atoms with Crippen LogP contribution in [0.5, 0.6) is 0 Å². The fourth-order valence-corrected chi connectivity index (χ4v) is 6.13. The number of nitrogens with one attached hydrogen (secondary N) is 1. The van der Waals surface area contributed by atoms with Crippen LogP contribution in [-0.4, -0.2) is 54.9 Å². The number of amides is 1. The summed E-state index contributed by atoms with van der Waals surface area (Å²) in [4.78, 5) is 14.8. The maximum absolute atomic E-state index is 14.1. The Morgan fingerprint density at radius 1 is 0.796 bits per heavy atom. The van der Waals surface area contributed by atoms with Crippen LogP contribution in [-0.2, 0) is 27.4 Å². The van der Waals surface area contributed by atoms with Gasteiger partial charge < -0.3 is 24.6 Å². The van der Waals surface area contributed by atoms with E-state index in [2.05, 4.69) is 17.1 Å². The van der Waals surface area contributed by atoms with Gasteiger partial charge in [-0.1, -0.05) is 73.7 Å². The molecule has 2 N–H and O–H groups in total. The van der Waals surface area contributed by atoms with Gasteiger partial charge in [-0.05, 0) is 33.9 Å². The van der Waals surface area contributed by atoms with E-state index in [1.165, 1.54) is 0 Å². The predicted octanol–water partition coefficient (Wildman–Crippen LogP) is 6.60. The van der Waals surface area contributed by atoms with Crippen LogP contribution in [0.3, 0.4) is 0 Å². The maximum atomic E-state index is 14.1. The second-order valence-corrected chi connectivity index (χ2v) is 12.2. The summed E-state index contributed by atoms with van der Waals surface area (Å²) in [5, 5.41) is 11.7. The molecule has 0 aromatic heterocycles. The van der Waals surface area contributed by atoms with E-state index in [0.29, 0.717) is 18.8 Å². The first-order valence-corrected chi connectivity index (χ1v) is 15.9. The number of halogens is 5. The highest BCUT2D eigenvalue weighted by atomic mass is 19.2. The highest BCUT2D eigenvalue weighted by molar-refractivity contribution is 5.94. The third kappa shape index (κ3) is 7.53. The van der Waals surface area contributed by atoms with Gasteiger partial charge in [-0.15, -0.1) is 0 Å². The van der Waals surface area contributed by atoms with E-state index in [1.54, 1.807) is 18.2 Å². The number of carbonyl (C=O) groups is 1. The average molecular weight is 683 g/mol. The van der Waals surface area contributed by atoms with Gasteiger partial charge in [0, 0.05) is 37.7 Å². The van der Waals surface area contributed by atoms with Crippen molar-refractivity contribution < 1.29 is 46.1 Å². The third-order valence-electron chi connectivity index (χ3n) is 9.00. The van der Waals surface area contributed by atoms with Crippen molar-refractivity contribution in [1.82, 2.24) is 10.2 Å². The quantitative estimate of drug-likeness (QED) is 0.118. The number of nitrogens with zero attached hydrogens (tertiary/aromatic N) is 1. The summed E-state index contributed by atoms with van der Waals surface area (Å²) in [5.41, 5.74) is 3.20. The topological polar surface area (TPSA) is 80.3 Å². The van der Waals surface area contributed by atoms with Gasteiger partial charge in [-0.2, -0.15) is 0 Å². The minimum absolute atomic E-state index is 0.0377. The molecule has 0 saturated carbocycles. The van der Waals surface area contributed by atoms with Crippen molar-refractivity contribution in [3.8, 4) is 11.1 Å². The monoisotopic (exact) mass is 682 g/mol. The molecule has 2 heterocycles. The zero-order chi connectivity index (χ0) is 34.7. The van der Waals surface area contributed by atoms with Crippen molar-refractivity contribution in [1.29, 1.82) is 0 Å². The molecular formula is C37H35F5N2O5. The molecule has 0 aliphatic carbocycles. The smallest absolute Gasteiger partial charge is 0.257 e. The van der Waals surface area contributed by atoms with Crippen LogP contribution in [0, 0.1) is 35.0 Å². The lowest BCUT2D eigenvalue weighted by Crippen LogP contribution is -2.47. The second-order valence-electron chi connectivity index (χ2n) is 12.2. The van der Waals surface area contributed by atoms with Crippen LogP contribution >= 0.6 is 0 Å². The second kappa shape index (κ2) is 15.1. The summed E-state index contributed by atoms with van der Waals surface area (Å²) in [7, 11) is 0. The van der Waals surface area contributed by atoms with E-state index in [0.717, 1.165) is 47.5 Å². The zero-order valence-corrected chi connectivity index (χ0v) is 26.6. The Bertz CT molecular complexity index is 1750. The molecule has 0 radical (unpaired) electrons. The molecule has 7 nitrogen and oxygen atoms in total. The SMILES string of the molecule is C[C@H]1[C@@H](CN2CCOCC2)O[C@@H](c2ccc(-c3cccc(CNC(=O)c4c(F)c(F)c(F)c(F)c4F)c3)cc2)O[C@H]1c1ccc(CO)cc1. The number of hydrogen-bond acceptors (Lipinski definition) is 6. The molecule has 2 fully saturated rings. The fourth-order valence-electron chi connectivity index (χ4n) is 6.13. The Balaban J connectivity index is 1.18. The molecule has 1 amide bonds. The summed E-state index contributed by atoms with van der Waals surface area (Å²) < 4.78 is 87.5. The highest BCUT2D eigenvalue weighted by Gasteiger charge is 2.39. The van der Waals surface area contributed by atoms with Gasteiger partial charge in [0.15, 0.2) is 29.6 Å². The first-order valence-electron chi connectivity index (χ1n) is 15.9. The lowest BCUT2D eigenvalue weighted by atomic mass is 9.90. The van der Waals surface area contributed by atoms with E-state index in [-0.39, 0.29) is 31.3 Å². The molecule has 258 valence electrons. The molecule has 0 unspecified atom stereocenters. The molecule has 2 saturated heterocycles. The van der Waals surface area contributed by atoms with Crippen molar-refractivity contribution in [2.45, 2.75) is 38.6 Å². The van der Waals surface area contributed by atoms with Gasteiger partial charge in [0.2, 0.25) is 5.82 Å². The number of aliphatic hydroxyl groups excluding tert-OH is 1. The van der Waals surface area contributed by atoms with Gasteiger partial charge in [0.05, 0.1) is 32.0 Å². The molecule has 4 aromatic rings. The van der Waals surface area contributed by atoms with Crippen molar-refractivity contribution in [2.75, 3.05) is 32.8 Å². The minimum atomic E-state index is -2.33. The molecule has 49 heavy (non-hydrogen) atoms. The number of ether oxygens (including phenoxy) is 3. The third-order valence-corrected chi connectivity index (χ3v) is 9.00. The Kier molecular flexibility index (Phi) is 10.7. The van der Waals surface area contributed by atoms with Crippen molar-refractivity contribution in [3.63, 3.8) is 0 Å². The van der Waals surface area contributed by atoms with Gasteiger partial charge in [-0.3, -0.25) is 9.69 Å². The van der Waals surface area contributed by atoms with E-state index >= 15 is 0 Å². The number of morpholine rings is 1. The molecule has 0 spiro atoms. The molecule has 2 aliphatic rings. The summed E-state index contributed by atoms with van der Waals surface area (Å²) in [6.45, 7) is 5.56. The first kappa shape index (κ1) is 34.7. The van der Waals surface area contributed by atoms with Crippen LogP contribution in [0.2, 0.25) is 0 Å². The highest BCUT2D eigenvalue weighted by Crippen LogP contribution is 2.42. The molecule has 4 atom stereocenters. The van der Waals surface area contributed by atoms with E-state index < -0.39 is 46.8 Å². The van der Waals surface area contributed by atoms with Gasteiger partial charge in [0.1, 0.15) is 5.56 Å². The molecule has 12 heteroatoms. The first-order chi connectivity index (χ1) is 23.6. The van der Waals surface area contributed by atoms with Crippen LogP contribution in [0.4, 0.5) is 22.0 Å². The molecular weight excluding hydrogens is 647 g/mol. The number of benzene rings is 4. The van der Waals surface area contributed by atoms with Gasteiger partial charge in [0.25, 0.3) is 5.91 Å². The Morgan fingerprint density at radius 2 is 1.43 bits per heavy atom. The Labute approximate surface area is 280 Å². The molecule has 0 bridgehead atoms. The van der Waals surface area contributed by atoms with Crippen molar-refractivity contribution >= 4 is 5.91 Å². The van der Waals surface area contributed by atoms with Crippen LogP contribution < -0.4 is 5.32 Å². The Hall–Kier alpha value is -4.20. The van der Waals surface area contributed by atoms with E-state index in [4.69, 9.17) is 14.2 Å². The van der Waals surface area contributed by atoms with Crippen molar-refractivity contribution in [3.05, 3.63) is 130 Å².